The Morgan fingerprint density at radius 1 is 0.765 bits per heavy atom. The second kappa shape index (κ2) is 7.77. The molecule has 0 N–H and O–H groups in total. The van der Waals surface area contributed by atoms with Gasteiger partial charge in [0.05, 0.1) is 0 Å². The van der Waals surface area contributed by atoms with Gasteiger partial charge in [0, 0.05) is 0 Å². The molecule has 0 saturated heterocycles. The summed E-state index contributed by atoms with van der Waals surface area (Å²) in [7, 11) is 2.31. The van der Waals surface area contributed by atoms with Gasteiger partial charge in [0.25, 0.3) is 0 Å². The van der Waals surface area contributed by atoms with Crippen LogP contribution < -0.4 is 3.27 Å². The maximum atomic E-state index is 2.64. The topological polar surface area (TPSA) is 4.93 Å². The molecule has 1 heterocycles. The molecule has 34 heavy (non-hydrogen) atoms. The predicted octanol–water partition coefficient (Wildman–Crippen LogP) is 6.75. The van der Waals surface area contributed by atoms with Crippen molar-refractivity contribution >= 4 is 20.1 Å². The first-order chi connectivity index (χ1) is 16.6. The molecule has 7 rings (SSSR count). The maximum absolute atomic E-state index is 2.64. The third kappa shape index (κ3) is 2.81. The molecule has 0 amide bonds. The van der Waals surface area contributed by atoms with Gasteiger partial charge in [-0.3, -0.25) is 0 Å². The molecule has 1 nitrogen and oxygen atoms in total. The molecule has 165 valence electrons. The first-order valence-corrected chi connectivity index (χ1v) is 22.2. The number of rotatable bonds is 3. The molecule has 0 fully saturated rings. The van der Waals surface area contributed by atoms with Crippen molar-refractivity contribution in [3.63, 3.8) is 0 Å². The summed E-state index contributed by atoms with van der Waals surface area (Å²) in [5.41, 5.74) is 13.7. The Hall–Kier alpha value is -2.48. The summed E-state index contributed by atoms with van der Waals surface area (Å²) in [5, 5.41) is 1.42. The second-order valence-corrected chi connectivity index (χ2v) is 29.6. The van der Waals surface area contributed by atoms with E-state index >= 15 is 0 Å². The summed E-state index contributed by atoms with van der Waals surface area (Å²) in [5.74, 6) is -0.897. The number of fused-ring (bicyclic) bond motifs is 8. The van der Waals surface area contributed by atoms with Crippen LogP contribution in [-0.2, 0) is 34.4 Å². The van der Waals surface area contributed by atoms with Crippen molar-refractivity contribution in [2.75, 3.05) is 0 Å². The standard InChI is InChI=1S/C16H12N.C13H9.C2H7Si.Zr/c1-17-14-9-5-4-8-13(14)16-12-7-3-2-6-11(12)10-15(16)17;1-3-7-12-10(5-1)9-11-6-2-4-8-13(11)12;1-3-2;/h2-10H,1H3;1-5,7-8H,9H2;3H,1-2H3;. The van der Waals surface area contributed by atoms with E-state index in [9.17, 15) is 0 Å². The molecule has 1 unspecified atom stereocenters. The number of benzene rings is 4. The van der Waals surface area contributed by atoms with Crippen LogP contribution in [0.15, 0.2) is 91.0 Å². The van der Waals surface area contributed by atoms with Crippen molar-refractivity contribution in [2.45, 2.75) is 23.1 Å². The van der Waals surface area contributed by atoms with E-state index in [-0.39, 0.29) is 0 Å². The molecule has 0 spiro atoms. The van der Waals surface area contributed by atoms with E-state index in [0.29, 0.717) is 3.63 Å². The van der Waals surface area contributed by atoms with Crippen molar-refractivity contribution in [1.29, 1.82) is 0 Å². The summed E-state index contributed by atoms with van der Waals surface area (Å²) in [6.07, 6.45) is 1.11. The SMILES string of the molecule is Cn1c2c(c3ccccc31)-c1ccccc1[CH]2[Zr]([c]1cccc2c1Cc1ccccc1-2)[SiH](C)C. The van der Waals surface area contributed by atoms with Crippen LogP contribution in [0.25, 0.3) is 33.2 Å². The molecule has 0 aliphatic heterocycles. The van der Waals surface area contributed by atoms with Crippen molar-refractivity contribution in [3.05, 3.63) is 113 Å². The van der Waals surface area contributed by atoms with E-state index in [1.54, 1.807) is 20.1 Å². The van der Waals surface area contributed by atoms with Gasteiger partial charge >= 0.3 is 211 Å². The van der Waals surface area contributed by atoms with Crippen LogP contribution in [-0.4, -0.2) is 10.5 Å². The Morgan fingerprint density at radius 3 is 2.32 bits per heavy atom. The number of hydrogen-bond donors (Lipinski definition) is 0. The molecule has 0 saturated carbocycles. The van der Waals surface area contributed by atoms with E-state index in [1.165, 1.54) is 38.7 Å². The Morgan fingerprint density at radius 2 is 1.47 bits per heavy atom. The molecule has 1 aromatic heterocycles. The van der Waals surface area contributed by atoms with Gasteiger partial charge in [0.1, 0.15) is 0 Å². The predicted molar refractivity (Wildman–Crippen MR) is 143 cm³/mol. The van der Waals surface area contributed by atoms with Crippen molar-refractivity contribution in [3.8, 4) is 22.3 Å². The first-order valence-electron chi connectivity index (χ1n) is 12.4. The Bertz CT molecular complexity index is 1590. The fourth-order valence-corrected chi connectivity index (χ4v) is 27.0. The molecular formula is C31H28NSiZr. The van der Waals surface area contributed by atoms with E-state index in [0.717, 1.165) is 6.42 Å². The van der Waals surface area contributed by atoms with Crippen LogP contribution in [0.5, 0.6) is 0 Å². The average Bonchev–Trinajstić information content (AvgIpc) is 3.49. The summed E-state index contributed by atoms with van der Waals surface area (Å²) in [4.78, 5) is 0. The Balaban J connectivity index is 1.50. The number of aromatic nitrogens is 1. The fourth-order valence-electron chi connectivity index (χ4n) is 6.70. The van der Waals surface area contributed by atoms with Gasteiger partial charge in [-0.15, -0.1) is 0 Å². The number of para-hydroxylation sites is 1. The van der Waals surface area contributed by atoms with Gasteiger partial charge < -0.3 is 0 Å². The average molecular weight is 534 g/mol. The minimum atomic E-state index is -2.12. The van der Waals surface area contributed by atoms with Crippen LogP contribution in [0.1, 0.15) is 26.0 Å². The third-order valence-electron chi connectivity index (χ3n) is 8.06. The summed E-state index contributed by atoms with van der Waals surface area (Å²) < 4.78 is 4.94. The zero-order chi connectivity index (χ0) is 23.0. The van der Waals surface area contributed by atoms with Gasteiger partial charge in [-0.2, -0.15) is 0 Å². The molecule has 2 aliphatic carbocycles. The number of aryl methyl sites for hydroxylation is 1. The van der Waals surface area contributed by atoms with E-state index in [2.05, 4.69) is 116 Å². The monoisotopic (exact) mass is 532 g/mol. The van der Waals surface area contributed by atoms with Gasteiger partial charge in [-0.1, -0.05) is 0 Å². The molecule has 2 aliphatic rings. The van der Waals surface area contributed by atoms with Crippen LogP contribution in [0.4, 0.5) is 0 Å². The molecule has 4 aromatic carbocycles. The van der Waals surface area contributed by atoms with Gasteiger partial charge in [0.2, 0.25) is 0 Å². The quantitative estimate of drug-likeness (QED) is 0.222. The summed E-state index contributed by atoms with van der Waals surface area (Å²) in [6.45, 7) is 5.28. The molecule has 3 heteroatoms. The summed E-state index contributed by atoms with van der Waals surface area (Å²) in [6, 6.07) is 34.7. The minimum absolute atomic E-state index is 0.605. The molecule has 5 aromatic rings. The van der Waals surface area contributed by atoms with Gasteiger partial charge in [-0.05, 0) is 0 Å². The van der Waals surface area contributed by atoms with Gasteiger partial charge in [-0.25, -0.2) is 0 Å². The first kappa shape index (κ1) is 20.9. The van der Waals surface area contributed by atoms with E-state index in [4.69, 9.17) is 0 Å². The molecule has 0 bridgehead atoms. The Labute approximate surface area is 210 Å². The van der Waals surface area contributed by atoms with Crippen LogP contribution in [0.2, 0.25) is 13.1 Å². The number of hydrogen-bond acceptors (Lipinski definition) is 0. The summed E-state index contributed by atoms with van der Waals surface area (Å²) >= 11 is -2.12. The van der Waals surface area contributed by atoms with Crippen molar-refractivity contribution in [2.24, 2.45) is 7.05 Å². The fraction of sp³-hybridized carbons (Fsp3) is 0.161. The van der Waals surface area contributed by atoms with E-state index < -0.39 is 26.8 Å². The zero-order valence-corrected chi connectivity index (χ0v) is 23.6. The molecule has 0 radical (unpaired) electrons. The van der Waals surface area contributed by atoms with Crippen LogP contribution in [0.3, 0.4) is 0 Å². The van der Waals surface area contributed by atoms with Crippen LogP contribution in [0, 0.1) is 0 Å². The van der Waals surface area contributed by atoms with Crippen molar-refractivity contribution in [1.82, 2.24) is 4.57 Å². The van der Waals surface area contributed by atoms with Crippen molar-refractivity contribution < 1.29 is 20.9 Å². The van der Waals surface area contributed by atoms with Crippen LogP contribution >= 0.6 is 0 Å². The second-order valence-electron chi connectivity index (χ2n) is 10.1. The van der Waals surface area contributed by atoms with E-state index in [1.807, 2.05) is 0 Å². The van der Waals surface area contributed by atoms with Gasteiger partial charge in [0.15, 0.2) is 0 Å². The number of nitrogens with zero attached hydrogens (tertiary/aromatic N) is 1. The normalized spacial score (nSPS) is 15.4. The zero-order valence-electron chi connectivity index (χ0n) is 20.0. The third-order valence-corrected chi connectivity index (χ3v) is 27.9. The molecule has 1 atom stereocenters. The Kier molecular flexibility index (Phi) is 4.76. The molecular weight excluding hydrogens is 506 g/mol.